The van der Waals surface area contributed by atoms with E-state index in [1.807, 2.05) is 67.8 Å². The molecule has 0 unspecified atom stereocenters. The molecule has 190 valence electrons. The predicted octanol–water partition coefficient (Wildman–Crippen LogP) is 2.14. The summed E-state index contributed by atoms with van der Waals surface area (Å²) in [4.78, 5) is 24.8. The molecule has 0 aliphatic rings. The van der Waals surface area contributed by atoms with Gasteiger partial charge in [0.15, 0.2) is 0 Å². The summed E-state index contributed by atoms with van der Waals surface area (Å²) in [6.07, 6.45) is 2.19. The summed E-state index contributed by atoms with van der Waals surface area (Å²) in [6.45, 7) is 2.83. The Morgan fingerprint density at radius 3 is 2.42 bits per heavy atom. The number of aryl methyl sites for hydroxylation is 1. The van der Waals surface area contributed by atoms with E-state index in [-0.39, 0.29) is 18.9 Å². The zero-order valence-corrected chi connectivity index (χ0v) is 22.8. The molecule has 0 aliphatic carbocycles. The van der Waals surface area contributed by atoms with Gasteiger partial charge in [0.2, 0.25) is 0 Å². The molecule has 0 saturated heterocycles. The van der Waals surface area contributed by atoms with Crippen LogP contribution < -0.4 is 29.3 Å². The van der Waals surface area contributed by atoms with Crippen LogP contribution in [-0.4, -0.2) is 29.9 Å². The van der Waals surface area contributed by atoms with Gasteiger partial charge in [0.05, 0.1) is 25.2 Å². The Labute approximate surface area is 240 Å². The molecule has 0 heterocycles. The minimum atomic E-state index is -1.28. The van der Waals surface area contributed by atoms with Gasteiger partial charge in [0, 0.05) is 5.56 Å². The van der Waals surface area contributed by atoms with Crippen molar-refractivity contribution < 1.29 is 38.3 Å². The van der Waals surface area contributed by atoms with Crippen molar-refractivity contribution in [3.05, 3.63) is 107 Å². The first-order chi connectivity index (χ1) is 18.0. The topological polar surface area (TPSA) is 78.5 Å². The second-order valence-electron chi connectivity index (χ2n) is 8.95. The third kappa shape index (κ3) is 7.30. The number of carboxylic acid groups (broad SMARTS) is 1. The predicted molar refractivity (Wildman–Crippen MR) is 148 cm³/mol. The van der Waals surface area contributed by atoms with Crippen molar-refractivity contribution in [3.63, 3.8) is 0 Å². The first-order valence-electron chi connectivity index (χ1n) is 12.2. The number of hydrogen-bond acceptors (Lipinski definition) is 5. The van der Waals surface area contributed by atoms with Gasteiger partial charge in [-0.15, -0.1) is 0 Å². The van der Waals surface area contributed by atoms with E-state index in [1.54, 1.807) is 6.07 Å². The van der Waals surface area contributed by atoms with Crippen molar-refractivity contribution in [3.8, 4) is 11.1 Å². The maximum atomic E-state index is 13.2. The molecule has 0 aliphatic heterocycles. The number of fused-ring (bicyclic) bond motifs is 1. The van der Waals surface area contributed by atoms with Crippen molar-refractivity contribution >= 4 is 34.4 Å². The summed E-state index contributed by atoms with van der Waals surface area (Å²) >= 11 is 1.52. The summed E-state index contributed by atoms with van der Waals surface area (Å²) in [5, 5.41) is 16.6. The summed E-state index contributed by atoms with van der Waals surface area (Å²) in [5.74, 6) is -1.11. The van der Waals surface area contributed by atoms with Gasteiger partial charge in [-0.05, 0) is 76.1 Å². The molecule has 4 aromatic carbocycles. The molecule has 5 nitrogen and oxygen atoms in total. The van der Waals surface area contributed by atoms with Gasteiger partial charge in [-0.2, -0.15) is 11.8 Å². The van der Waals surface area contributed by atoms with Crippen LogP contribution >= 0.6 is 11.8 Å². The molecule has 1 amide bonds. The summed E-state index contributed by atoms with van der Waals surface area (Å²) < 4.78 is 6.09. The largest absolute Gasteiger partial charge is 1.00 e. The van der Waals surface area contributed by atoms with Crippen LogP contribution in [0.3, 0.4) is 0 Å². The second-order valence-corrected chi connectivity index (χ2v) is 9.94. The molecule has 0 radical (unpaired) electrons. The second kappa shape index (κ2) is 14.2. The number of benzene rings is 4. The van der Waals surface area contributed by atoms with Crippen molar-refractivity contribution in [1.29, 1.82) is 0 Å². The Balaban J connectivity index is 0.00000400. The van der Waals surface area contributed by atoms with Gasteiger partial charge in [-0.3, -0.25) is 4.79 Å². The third-order valence-electron chi connectivity index (χ3n) is 6.37. The zero-order valence-electron chi connectivity index (χ0n) is 22.0. The van der Waals surface area contributed by atoms with E-state index in [0.717, 1.165) is 27.8 Å². The first-order valence-corrected chi connectivity index (χ1v) is 13.6. The van der Waals surface area contributed by atoms with E-state index >= 15 is 0 Å². The summed E-state index contributed by atoms with van der Waals surface area (Å²) in [7, 11) is 0. The van der Waals surface area contributed by atoms with Crippen LogP contribution in [-0.2, 0) is 22.7 Å². The fourth-order valence-electron chi connectivity index (χ4n) is 4.39. The number of amides is 1. The van der Waals surface area contributed by atoms with Crippen LogP contribution in [0.4, 0.5) is 0 Å². The molecule has 1 N–H and O–H groups in total. The van der Waals surface area contributed by atoms with Gasteiger partial charge in [-0.25, -0.2) is 0 Å². The Bertz CT molecular complexity index is 1400. The minimum absolute atomic E-state index is 0. The van der Waals surface area contributed by atoms with Crippen molar-refractivity contribution in [2.45, 2.75) is 32.6 Å². The molecular weight excluding hydrogens is 489 g/mol. The molecular formula is C31H30LiNO4S. The number of aliphatic carboxylic acids is 1. The maximum absolute atomic E-state index is 13.2. The van der Waals surface area contributed by atoms with Gasteiger partial charge in [0.1, 0.15) is 0 Å². The molecule has 38 heavy (non-hydrogen) atoms. The number of carbonyl (C=O) groups excluding carboxylic acids is 2. The average molecular weight is 520 g/mol. The van der Waals surface area contributed by atoms with E-state index < -0.39 is 17.9 Å². The van der Waals surface area contributed by atoms with Crippen molar-refractivity contribution in [1.82, 2.24) is 5.32 Å². The number of carbonyl (C=O) groups is 2. The summed E-state index contributed by atoms with van der Waals surface area (Å²) in [5.41, 5.74) is 5.13. The Kier molecular flexibility index (Phi) is 11.1. The van der Waals surface area contributed by atoms with Crippen molar-refractivity contribution in [2.75, 3.05) is 12.0 Å². The van der Waals surface area contributed by atoms with Crippen LogP contribution in [0.5, 0.6) is 0 Å². The van der Waals surface area contributed by atoms with Gasteiger partial charge >= 0.3 is 18.9 Å². The monoisotopic (exact) mass is 519 g/mol. The van der Waals surface area contributed by atoms with E-state index in [2.05, 4.69) is 29.6 Å². The van der Waals surface area contributed by atoms with Crippen LogP contribution in [0, 0.1) is 6.92 Å². The Hall–Kier alpha value is -3.01. The standard InChI is InChI=1S/C31H31NO4S.Li/c1-21-8-3-5-12-25(21)28-18-22(14-15-27(28)30(33)32-29(31(34)35)16-17-37-2)19-36-20-24-11-7-10-23-9-4-6-13-26(23)24;/h3-15,18,29H,16-17,19-20H2,1-2H3,(H,32,33)(H,34,35);/q;+1/p-1/t29-;/m0./s1. The molecule has 4 aromatic rings. The number of nitrogens with one attached hydrogen (secondary N) is 1. The van der Waals surface area contributed by atoms with Gasteiger partial charge in [0.25, 0.3) is 5.91 Å². The minimum Gasteiger partial charge on any atom is -0.548 e. The summed E-state index contributed by atoms with van der Waals surface area (Å²) in [6, 6.07) is 26.8. The normalized spacial score (nSPS) is 11.5. The van der Waals surface area contributed by atoms with Crippen LogP contribution in [0.1, 0.15) is 33.5 Å². The van der Waals surface area contributed by atoms with E-state index in [1.165, 1.54) is 22.5 Å². The number of thioether (sulfide) groups is 1. The number of hydrogen-bond donors (Lipinski definition) is 1. The molecule has 7 heteroatoms. The number of rotatable bonds is 11. The molecule has 4 rings (SSSR count). The molecule has 0 fully saturated rings. The quantitative estimate of drug-likeness (QED) is 0.307. The van der Waals surface area contributed by atoms with E-state index in [0.29, 0.717) is 31.0 Å². The average Bonchev–Trinajstić information content (AvgIpc) is 2.91. The molecule has 0 saturated carbocycles. The molecule has 0 aromatic heterocycles. The van der Waals surface area contributed by atoms with Crippen LogP contribution in [0.15, 0.2) is 84.9 Å². The third-order valence-corrected chi connectivity index (χ3v) is 7.01. The van der Waals surface area contributed by atoms with Gasteiger partial charge < -0.3 is 20.0 Å². The number of carboxylic acids is 1. The molecule has 0 spiro atoms. The fourth-order valence-corrected chi connectivity index (χ4v) is 4.87. The van der Waals surface area contributed by atoms with Crippen LogP contribution in [0.2, 0.25) is 0 Å². The molecule has 0 bridgehead atoms. The van der Waals surface area contributed by atoms with Crippen molar-refractivity contribution in [2.24, 2.45) is 0 Å². The maximum Gasteiger partial charge on any atom is 1.00 e. The molecule has 1 atom stereocenters. The van der Waals surface area contributed by atoms with E-state index in [9.17, 15) is 14.7 Å². The smallest absolute Gasteiger partial charge is 0.548 e. The SMILES string of the molecule is CSCC[C@H](NC(=O)c1ccc(COCc2cccc3ccccc23)cc1-c1ccccc1C)C(=O)[O-].[Li+]. The van der Waals surface area contributed by atoms with E-state index in [4.69, 9.17) is 4.74 Å². The fraction of sp³-hybridized carbons (Fsp3) is 0.226. The first kappa shape index (κ1) is 29.5. The number of ether oxygens (including phenoxy) is 1. The Morgan fingerprint density at radius 2 is 1.66 bits per heavy atom. The zero-order chi connectivity index (χ0) is 26.2. The van der Waals surface area contributed by atoms with Gasteiger partial charge in [-0.1, -0.05) is 72.8 Å². The van der Waals surface area contributed by atoms with Crippen LogP contribution in [0.25, 0.3) is 21.9 Å². The Morgan fingerprint density at radius 1 is 0.921 bits per heavy atom.